The van der Waals surface area contributed by atoms with E-state index in [9.17, 15) is 39.3 Å². The molecule has 0 spiro atoms. The number of phenols is 1. The molecular weight excluding hydrogens is 889 g/mol. The summed E-state index contributed by atoms with van der Waals surface area (Å²) in [5, 5.41) is 41.4. The number of Topliss-reactive ketones (excluding diaryl/α,β-unsaturated/α-hetero) is 3. The second-order valence-electron chi connectivity index (χ2n) is 19.0. The molecule has 372 valence electrons. The molecule has 0 unspecified atom stereocenters. The fourth-order valence-electron chi connectivity index (χ4n) is 9.89. The molecule has 0 aromatic heterocycles. The molecule has 2 aromatic rings. The van der Waals surface area contributed by atoms with Gasteiger partial charge in [-0.2, -0.15) is 0 Å². The molecule has 5 N–H and O–H groups in total. The van der Waals surface area contributed by atoms with E-state index in [2.05, 4.69) is 22.8 Å². The Morgan fingerprint density at radius 1 is 0.884 bits per heavy atom. The molecule has 69 heavy (non-hydrogen) atoms. The highest BCUT2D eigenvalue weighted by atomic mass is 16.7. The molecule has 8 rings (SSSR count). The molecule has 17 heteroatoms. The van der Waals surface area contributed by atoms with E-state index in [4.69, 9.17) is 23.7 Å². The van der Waals surface area contributed by atoms with Gasteiger partial charge in [-0.3, -0.25) is 19.2 Å². The number of likely N-dealkylation sites (tertiary alicyclic amines) is 1. The number of aliphatic hydroxyl groups excluding tert-OH is 2. The number of nitrogens with one attached hydrogen (secondary N) is 2. The zero-order valence-electron chi connectivity index (χ0n) is 40.7. The van der Waals surface area contributed by atoms with E-state index in [1.54, 1.807) is 49.6 Å². The summed E-state index contributed by atoms with van der Waals surface area (Å²) in [4.78, 5) is 75.1. The summed E-state index contributed by atoms with van der Waals surface area (Å²) in [6.07, 6.45) is 4.22. The molecule has 17 nitrogen and oxygen atoms in total. The van der Waals surface area contributed by atoms with Gasteiger partial charge < -0.3 is 59.4 Å². The quantitative estimate of drug-likeness (QED) is 0.254. The number of aliphatic hydroxyl groups is 2. The number of morpholine rings is 1. The van der Waals surface area contributed by atoms with Crippen LogP contribution in [-0.4, -0.2) is 137 Å². The normalized spacial score (nSPS) is 31.4. The first-order valence-corrected chi connectivity index (χ1v) is 23.8. The number of nitrogens with zero attached hydrogens (tertiary/aromatic N) is 2. The number of hydrogen-bond acceptors (Lipinski definition) is 15. The van der Waals surface area contributed by atoms with Gasteiger partial charge in [-0.05, 0) is 38.3 Å². The van der Waals surface area contributed by atoms with Crippen LogP contribution in [0.15, 0.2) is 77.9 Å². The van der Waals surface area contributed by atoms with Gasteiger partial charge >= 0.3 is 11.9 Å². The molecule has 6 aliphatic rings. The van der Waals surface area contributed by atoms with Crippen molar-refractivity contribution >= 4 is 29.4 Å². The zero-order valence-corrected chi connectivity index (χ0v) is 40.7. The van der Waals surface area contributed by atoms with Crippen LogP contribution in [0.3, 0.4) is 0 Å². The smallest absolute Gasteiger partial charge is 0.410 e. The van der Waals surface area contributed by atoms with Crippen LogP contribution in [0.2, 0.25) is 0 Å². The van der Waals surface area contributed by atoms with Gasteiger partial charge in [-0.15, -0.1) is 0 Å². The van der Waals surface area contributed by atoms with E-state index in [0.717, 1.165) is 0 Å². The van der Waals surface area contributed by atoms with Crippen LogP contribution >= 0.6 is 0 Å². The number of fused-ring (bicyclic) bond motifs is 14. The average molecular weight is 955 g/mol. The Morgan fingerprint density at radius 2 is 1.57 bits per heavy atom. The number of aromatic hydroxyl groups is 1. The molecule has 2 aromatic carbocycles. The van der Waals surface area contributed by atoms with Crippen LogP contribution in [0.5, 0.6) is 11.5 Å². The van der Waals surface area contributed by atoms with Gasteiger partial charge in [0.15, 0.2) is 0 Å². The predicted octanol–water partition coefficient (Wildman–Crippen LogP) is 5.12. The first-order chi connectivity index (χ1) is 32.9. The van der Waals surface area contributed by atoms with Crippen LogP contribution in [0.25, 0.3) is 0 Å². The van der Waals surface area contributed by atoms with Crippen LogP contribution in [0, 0.1) is 30.6 Å². The minimum absolute atomic E-state index is 0.000548. The topological polar surface area (TPSA) is 223 Å². The molecule has 0 radical (unpaired) electrons. The number of hydrogen-bond donors (Lipinski definition) is 5. The number of methoxy groups -OCH3 is 1. The van der Waals surface area contributed by atoms with E-state index >= 15 is 0 Å². The number of allylic oxidation sites excluding steroid dienone is 4. The summed E-state index contributed by atoms with van der Waals surface area (Å²) in [7, 11) is 1.45. The van der Waals surface area contributed by atoms with Crippen LogP contribution < -0.4 is 15.4 Å². The number of ether oxygens (including phenoxy) is 5. The standard InChI is InChI=1S/C52H66N4O13/c1-28-13-12-14-29(2)50(63)54-40-41(55-22-25-66-26-23-55)46(61)37-38(45(40)60)44(59)33(6)48-39(37)49(62)52(7,69-48)67-24-19-36(65-8)30(3)47(32(5)43(58)31(4)42(28)57)68-51(64)56-20-17-35(18-21-56)53-27-34-15-10-9-11-16-34/h9-16,19,24,28,30-32,35-36,42-43,47,53,57-59H,17-18,20-23,25-27H2,1-8H3,(H,54,63)/b13-12+,24-19+,29-14-/t28-,30+,31+,32+,36-,42-,43+,47+,52-/m0/s1. The maximum absolute atomic E-state index is 14.8. The Morgan fingerprint density at radius 3 is 2.23 bits per heavy atom. The van der Waals surface area contributed by atoms with Crippen molar-refractivity contribution in [2.45, 2.75) is 104 Å². The van der Waals surface area contributed by atoms with E-state index in [1.165, 1.54) is 51.9 Å². The maximum Gasteiger partial charge on any atom is 0.410 e. The second-order valence-corrected chi connectivity index (χ2v) is 19.0. The Hall–Kier alpha value is -5.85. The summed E-state index contributed by atoms with van der Waals surface area (Å²) >= 11 is 0. The lowest BCUT2D eigenvalue weighted by molar-refractivity contribution is -0.116. The number of carbonyl (C=O) groups is 5. The largest absolute Gasteiger partial charge is 0.507 e. The molecule has 2 fully saturated rings. The summed E-state index contributed by atoms with van der Waals surface area (Å²) in [6, 6.07) is 10.3. The lowest BCUT2D eigenvalue weighted by Crippen LogP contribution is -2.50. The number of ketones is 3. The predicted molar refractivity (Wildman–Crippen MR) is 253 cm³/mol. The number of piperidine rings is 1. The van der Waals surface area contributed by atoms with Gasteiger partial charge in [0.05, 0.1) is 54.5 Å². The summed E-state index contributed by atoms with van der Waals surface area (Å²) < 4.78 is 30.0. The third kappa shape index (κ3) is 10.4. The Bertz CT molecular complexity index is 2420. The Balaban J connectivity index is 1.22. The van der Waals surface area contributed by atoms with Gasteiger partial charge in [0.25, 0.3) is 11.7 Å². The lowest BCUT2D eigenvalue weighted by Gasteiger charge is -2.39. The van der Waals surface area contributed by atoms with Gasteiger partial charge in [0, 0.05) is 87.6 Å². The minimum atomic E-state index is -2.10. The van der Waals surface area contributed by atoms with Crippen molar-refractivity contribution in [3.63, 3.8) is 0 Å². The number of carbonyl (C=O) groups excluding carboxylic acids is 5. The molecule has 2 saturated heterocycles. The number of phenolic OH excluding ortho intramolecular Hbond substituents is 1. The zero-order chi connectivity index (χ0) is 49.9. The lowest BCUT2D eigenvalue weighted by atomic mass is 9.78. The monoisotopic (exact) mass is 954 g/mol. The number of rotatable bonds is 6. The summed E-state index contributed by atoms with van der Waals surface area (Å²) in [5.41, 5.74) is -0.312. The van der Waals surface area contributed by atoms with Crippen molar-refractivity contribution in [3.05, 3.63) is 106 Å². The summed E-state index contributed by atoms with van der Waals surface area (Å²) in [5.74, 6) is -8.71. The molecule has 5 aliphatic heterocycles. The van der Waals surface area contributed by atoms with Gasteiger partial charge in [0.2, 0.25) is 11.6 Å². The highest BCUT2D eigenvalue weighted by molar-refractivity contribution is 6.32. The van der Waals surface area contributed by atoms with Crippen LogP contribution in [-0.2, 0) is 30.3 Å². The van der Waals surface area contributed by atoms with Gasteiger partial charge in [0.1, 0.15) is 29.0 Å². The maximum atomic E-state index is 14.8. The first-order valence-electron chi connectivity index (χ1n) is 23.8. The fraction of sp³-hybridized carbons (Fsp3) is 0.519. The van der Waals surface area contributed by atoms with Crippen LogP contribution in [0.1, 0.15) is 96.6 Å². The highest BCUT2D eigenvalue weighted by Crippen LogP contribution is 2.49. The molecule has 1 aliphatic carbocycles. The molecule has 5 heterocycles. The molecular formula is C52H66N4O13. The van der Waals surface area contributed by atoms with Crippen molar-refractivity contribution in [2.24, 2.45) is 23.7 Å². The first kappa shape index (κ1) is 51.0. The molecule has 9 atom stereocenters. The van der Waals surface area contributed by atoms with E-state index < -0.39 is 94.5 Å². The van der Waals surface area contributed by atoms with Crippen molar-refractivity contribution in [1.82, 2.24) is 20.4 Å². The van der Waals surface area contributed by atoms with Crippen molar-refractivity contribution in [2.75, 3.05) is 46.5 Å². The summed E-state index contributed by atoms with van der Waals surface area (Å²) in [6.45, 7) is 13.7. The average Bonchev–Trinajstić information content (AvgIpc) is 3.62. The fourth-order valence-corrected chi connectivity index (χ4v) is 9.89. The third-order valence-electron chi connectivity index (χ3n) is 14.4. The molecule has 5 bridgehead atoms. The van der Waals surface area contributed by atoms with Crippen molar-refractivity contribution < 1.29 is 63.0 Å². The molecule has 0 saturated carbocycles. The van der Waals surface area contributed by atoms with E-state index in [1.807, 2.05) is 18.2 Å². The second kappa shape index (κ2) is 21.4. The number of amides is 2. The SMILES string of the molecule is CO[C@H]1/C=C/O[C@@]2(C)Oc3c(C)c(O)c4c(c3C2=O)C(=O)C(N2CCOCC2)=C(NC(=O)/C(C)=C\C=C\[C@H](C)[C@H](O)[C@@H](C)[C@@H](O)[C@@H](C)[C@H](OC(=O)N2CCC(NCc3ccccc3)CC2)[C@@H]1C)C4=O. The Labute approximate surface area is 403 Å². The highest BCUT2D eigenvalue weighted by Gasteiger charge is 2.53. The Kier molecular flexibility index (Phi) is 15.8. The van der Waals surface area contributed by atoms with Gasteiger partial charge in [-0.1, -0.05) is 76.3 Å². The van der Waals surface area contributed by atoms with Crippen molar-refractivity contribution in [1.29, 1.82) is 0 Å². The van der Waals surface area contributed by atoms with Crippen LogP contribution in [0.4, 0.5) is 4.79 Å². The van der Waals surface area contributed by atoms with Gasteiger partial charge in [-0.25, -0.2) is 4.79 Å². The van der Waals surface area contributed by atoms with Crippen molar-refractivity contribution in [3.8, 4) is 11.5 Å². The number of benzene rings is 2. The van der Waals surface area contributed by atoms with E-state index in [0.29, 0.717) is 32.5 Å². The minimum Gasteiger partial charge on any atom is -0.507 e. The van der Waals surface area contributed by atoms with E-state index in [-0.39, 0.29) is 71.8 Å². The molecule has 2 amide bonds. The third-order valence-corrected chi connectivity index (χ3v) is 14.4.